The van der Waals surface area contributed by atoms with Gasteiger partial charge in [-0.05, 0) is 37.0 Å². The van der Waals surface area contributed by atoms with Gasteiger partial charge in [0.15, 0.2) is 0 Å². The number of sulfone groups is 1. The molecule has 122 valence electrons. The lowest BCUT2D eigenvalue weighted by Crippen LogP contribution is -2.42. The highest BCUT2D eigenvalue weighted by Crippen LogP contribution is 2.26. The van der Waals surface area contributed by atoms with Crippen LogP contribution in [0.3, 0.4) is 0 Å². The van der Waals surface area contributed by atoms with Crippen molar-refractivity contribution in [2.45, 2.75) is 30.9 Å². The van der Waals surface area contributed by atoms with Crippen molar-refractivity contribution in [3.63, 3.8) is 0 Å². The summed E-state index contributed by atoms with van der Waals surface area (Å²) in [6, 6.07) is 5.28. The lowest BCUT2D eigenvalue weighted by Gasteiger charge is -2.31. The van der Waals surface area contributed by atoms with Crippen molar-refractivity contribution in [3.8, 4) is 0 Å². The van der Waals surface area contributed by atoms with Gasteiger partial charge in [-0.15, -0.1) is 0 Å². The van der Waals surface area contributed by atoms with Crippen LogP contribution in [0.15, 0.2) is 18.2 Å². The molecule has 1 aliphatic heterocycles. The van der Waals surface area contributed by atoms with Crippen molar-refractivity contribution < 1.29 is 13.2 Å². The fraction of sp³-hybridized carbons (Fsp3) is 0.533. The number of hydrogen-bond donors (Lipinski definition) is 0. The number of halogens is 2. The SMILES string of the molecule is CS(=O)(=O)C1CCN(C(=O)CCc2c(Cl)cccc2Cl)CC1. The van der Waals surface area contributed by atoms with Gasteiger partial charge in [0.2, 0.25) is 5.91 Å². The quantitative estimate of drug-likeness (QED) is 0.826. The molecule has 0 unspecified atom stereocenters. The molecule has 0 aromatic heterocycles. The van der Waals surface area contributed by atoms with E-state index < -0.39 is 9.84 Å². The van der Waals surface area contributed by atoms with E-state index in [0.717, 1.165) is 5.56 Å². The molecule has 7 heteroatoms. The van der Waals surface area contributed by atoms with Crippen molar-refractivity contribution in [1.29, 1.82) is 0 Å². The van der Waals surface area contributed by atoms with Crippen molar-refractivity contribution in [2.75, 3.05) is 19.3 Å². The van der Waals surface area contributed by atoms with Crippen LogP contribution in [-0.2, 0) is 21.1 Å². The summed E-state index contributed by atoms with van der Waals surface area (Å²) in [4.78, 5) is 14.0. The Morgan fingerprint density at radius 1 is 1.23 bits per heavy atom. The fourth-order valence-corrected chi connectivity index (χ4v) is 4.35. The highest BCUT2D eigenvalue weighted by molar-refractivity contribution is 7.91. The maximum atomic E-state index is 12.2. The minimum Gasteiger partial charge on any atom is -0.343 e. The first-order valence-corrected chi connectivity index (χ1v) is 9.89. The van der Waals surface area contributed by atoms with Crippen LogP contribution in [0.4, 0.5) is 0 Å². The number of nitrogens with zero attached hydrogens (tertiary/aromatic N) is 1. The molecule has 1 fully saturated rings. The van der Waals surface area contributed by atoms with Gasteiger partial charge in [0.05, 0.1) is 5.25 Å². The first-order valence-electron chi connectivity index (χ1n) is 7.18. The molecule has 4 nitrogen and oxygen atoms in total. The Kier molecular flexibility index (Phi) is 5.75. The van der Waals surface area contributed by atoms with Crippen molar-refractivity contribution in [2.24, 2.45) is 0 Å². The van der Waals surface area contributed by atoms with E-state index in [0.29, 0.717) is 48.8 Å². The van der Waals surface area contributed by atoms with E-state index in [2.05, 4.69) is 0 Å². The number of piperidine rings is 1. The summed E-state index contributed by atoms with van der Waals surface area (Å²) >= 11 is 12.2. The monoisotopic (exact) mass is 363 g/mol. The summed E-state index contributed by atoms with van der Waals surface area (Å²) in [5, 5.41) is 0.807. The molecule has 1 saturated heterocycles. The van der Waals surface area contributed by atoms with Crippen LogP contribution < -0.4 is 0 Å². The molecule has 1 amide bonds. The van der Waals surface area contributed by atoms with Gasteiger partial charge in [0, 0.05) is 35.8 Å². The first kappa shape index (κ1) is 17.6. The molecule has 1 aliphatic rings. The zero-order valence-corrected chi connectivity index (χ0v) is 14.7. The van der Waals surface area contributed by atoms with Crippen LogP contribution in [0.1, 0.15) is 24.8 Å². The molecule has 0 saturated carbocycles. The van der Waals surface area contributed by atoms with E-state index >= 15 is 0 Å². The molecule has 22 heavy (non-hydrogen) atoms. The highest BCUT2D eigenvalue weighted by Gasteiger charge is 2.28. The summed E-state index contributed by atoms with van der Waals surface area (Å²) in [6.45, 7) is 0.986. The molecule has 1 aromatic rings. The minimum absolute atomic E-state index is 0.0166. The van der Waals surface area contributed by atoms with E-state index in [1.165, 1.54) is 6.26 Å². The molecule has 0 bridgehead atoms. The average Bonchev–Trinajstić information content (AvgIpc) is 2.46. The van der Waals surface area contributed by atoms with Crippen molar-refractivity contribution >= 4 is 38.9 Å². The number of rotatable bonds is 4. The Bertz CT molecular complexity index is 633. The van der Waals surface area contributed by atoms with Crippen LogP contribution in [0.2, 0.25) is 10.0 Å². The van der Waals surface area contributed by atoms with Gasteiger partial charge >= 0.3 is 0 Å². The van der Waals surface area contributed by atoms with E-state index in [4.69, 9.17) is 23.2 Å². The van der Waals surface area contributed by atoms with Gasteiger partial charge in [-0.25, -0.2) is 8.42 Å². The molecule has 0 N–H and O–H groups in total. The van der Waals surface area contributed by atoms with Gasteiger partial charge in [0.25, 0.3) is 0 Å². The van der Waals surface area contributed by atoms with Crippen LogP contribution in [0, 0.1) is 0 Å². The van der Waals surface area contributed by atoms with Crippen molar-refractivity contribution in [3.05, 3.63) is 33.8 Å². The average molecular weight is 364 g/mol. The first-order chi connectivity index (χ1) is 10.3. The molecule has 0 atom stereocenters. The number of likely N-dealkylation sites (tertiary alicyclic amines) is 1. The topological polar surface area (TPSA) is 54.5 Å². The van der Waals surface area contributed by atoms with E-state index in [1.54, 1.807) is 23.1 Å². The Hall–Kier alpha value is -0.780. The van der Waals surface area contributed by atoms with Gasteiger partial charge in [-0.1, -0.05) is 29.3 Å². The molecule has 0 radical (unpaired) electrons. The minimum atomic E-state index is -3.01. The van der Waals surface area contributed by atoms with Gasteiger partial charge in [-0.3, -0.25) is 4.79 Å². The Balaban J connectivity index is 1.89. The number of benzene rings is 1. The predicted molar refractivity (Wildman–Crippen MR) is 89.2 cm³/mol. The Morgan fingerprint density at radius 3 is 2.27 bits per heavy atom. The zero-order chi connectivity index (χ0) is 16.3. The zero-order valence-electron chi connectivity index (χ0n) is 12.4. The van der Waals surface area contributed by atoms with E-state index in [-0.39, 0.29) is 11.2 Å². The molecular weight excluding hydrogens is 345 g/mol. The number of hydrogen-bond acceptors (Lipinski definition) is 3. The van der Waals surface area contributed by atoms with E-state index in [9.17, 15) is 13.2 Å². The summed E-state index contributed by atoms with van der Waals surface area (Å²) < 4.78 is 23.0. The number of carbonyl (C=O) groups is 1. The van der Waals surface area contributed by atoms with Crippen LogP contribution >= 0.6 is 23.2 Å². The predicted octanol–water partition coefficient (Wildman–Crippen LogP) is 2.96. The molecule has 0 spiro atoms. The summed E-state index contributed by atoms with van der Waals surface area (Å²) in [5.74, 6) is 0.0166. The molecule has 1 aromatic carbocycles. The van der Waals surface area contributed by atoms with Crippen LogP contribution in [-0.4, -0.2) is 43.8 Å². The molecule has 1 heterocycles. The smallest absolute Gasteiger partial charge is 0.222 e. The highest BCUT2D eigenvalue weighted by atomic mass is 35.5. The van der Waals surface area contributed by atoms with Crippen molar-refractivity contribution in [1.82, 2.24) is 4.90 Å². The fourth-order valence-electron chi connectivity index (χ4n) is 2.69. The standard InChI is InChI=1S/C15H19Cl2NO3S/c1-22(20,21)11-7-9-18(10-8-11)15(19)6-5-12-13(16)3-2-4-14(12)17/h2-4,11H,5-10H2,1H3. The van der Waals surface area contributed by atoms with Gasteiger partial charge in [0.1, 0.15) is 9.84 Å². The summed E-state index contributed by atoms with van der Waals surface area (Å²) in [6.07, 6.45) is 3.10. The third-order valence-corrected chi connectivity index (χ3v) is 6.44. The van der Waals surface area contributed by atoms with E-state index in [1.807, 2.05) is 0 Å². The summed E-state index contributed by atoms with van der Waals surface area (Å²) in [7, 11) is -3.01. The lowest BCUT2D eigenvalue weighted by atomic mass is 10.1. The third-order valence-electron chi connectivity index (χ3n) is 4.05. The molecule has 2 rings (SSSR count). The number of amides is 1. The number of carbonyl (C=O) groups excluding carboxylic acids is 1. The second-order valence-electron chi connectivity index (χ2n) is 5.61. The lowest BCUT2D eigenvalue weighted by molar-refractivity contribution is -0.132. The van der Waals surface area contributed by atoms with Crippen LogP contribution in [0.5, 0.6) is 0 Å². The normalized spacial score (nSPS) is 16.8. The Morgan fingerprint density at radius 2 is 1.77 bits per heavy atom. The Labute approximate surface area is 141 Å². The van der Waals surface area contributed by atoms with Gasteiger partial charge < -0.3 is 4.90 Å². The second kappa shape index (κ2) is 7.20. The summed E-state index contributed by atoms with van der Waals surface area (Å²) in [5.41, 5.74) is 0.783. The largest absolute Gasteiger partial charge is 0.343 e. The molecular formula is C15H19Cl2NO3S. The molecule has 0 aliphatic carbocycles. The maximum Gasteiger partial charge on any atom is 0.222 e. The third kappa shape index (κ3) is 4.37. The second-order valence-corrected chi connectivity index (χ2v) is 8.75. The van der Waals surface area contributed by atoms with Gasteiger partial charge in [-0.2, -0.15) is 0 Å². The maximum absolute atomic E-state index is 12.2. The van der Waals surface area contributed by atoms with Crippen LogP contribution in [0.25, 0.3) is 0 Å².